The molecule has 0 unspecified atom stereocenters. The van der Waals surface area contributed by atoms with Crippen molar-refractivity contribution in [2.24, 2.45) is 0 Å². The fourth-order valence-electron chi connectivity index (χ4n) is 1.59. The number of aryl methyl sites for hydroxylation is 1. The van der Waals surface area contributed by atoms with Crippen molar-refractivity contribution in [3.63, 3.8) is 0 Å². The maximum absolute atomic E-state index is 12.8. The molecule has 2 nitrogen and oxygen atoms in total. The molecule has 0 aliphatic carbocycles. The lowest BCUT2D eigenvalue weighted by molar-refractivity contribution is 0.624. The van der Waals surface area contributed by atoms with Crippen LogP contribution in [0.15, 0.2) is 12.1 Å². The average Bonchev–Trinajstić information content (AvgIpc) is 2.04. The van der Waals surface area contributed by atoms with Gasteiger partial charge in [-0.15, -0.1) is 0 Å². The quantitative estimate of drug-likeness (QED) is 0.576. The number of fused-ring (bicyclic) bond motifs is 1. The smallest absolute Gasteiger partial charge is 0.125 e. The highest BCUT2D eigenvalue weighted by Gasteiger charge is 2.12. The summed E-state index contributed by atoms with van der Waals surface area (Å²) in [6, 6.07) is 2.91. The van der Waals surface area contributed by atoms with Crippen molar-refractivity contribution in [3.05, 3.63) is 23.5 Å². The topological polar surface area (TPSA) is 38.0 Å². The summed E-state index contributed by atoms with van der Waals surface area (Å²) < 4.78 is 12.8. The van der Waals surface area contributed by atoms with Crippen molar-refractivity contribution in [2.75, 3.05) is 17.6 Å². The van der Waals surface area contributed by atoms with Crippen molar-refractivity contribution in [1.29, 1.82) is 0 Å². The molecule has 0 amide bonds. The van der Waals surface area contributed by atoms with Gasteiger partial charge in [0.05, 0.1) is 11.4 Å². The van der Waals surface area contributed by atoms with Crippen LogP contribution in [0, 0.1) is 5.82 Å². The second-order valence-corrected chi connectivity index (χ2v) is 3.06. The molecule has 1 aliphatic heterocycles. The summed E-state index contributed by atoms with van der Waals surface area (Å²) in [5.74, 6) is -0.241. The molecule has 1 aromatic rings. The Balaban J connectivity index is 2.53. The van der Waals surface area contributed by atoms with Gasteiger partial charge in [0.1, 0.15) is 5.82 Å². The Kier molecular flexibility index (Phi) is 1.64. The summed E-state index contributed by atoms with van der Waals surface area (Å²) in [6.45, 7) is 0.933. The Bertz CT molecular complexity index is 310. The summed E-state index contributed by atoms with van der Waals surface area (Å²) in [5.41, 5.74) is 8.08. The highest BCUT2D eigenvalue weighted by molar-refractivity contribution is 5.71. The third kappa shape index (κ3) is 1.11. The molecule has 3 N–H and O–H groups in total. The van der Waals surface area contributed by atoms with Gasteiger partial charge in [-0.2, -0.15) is 0 Å². The third-order valence-corrected chi connectivity index (χ3v) is 2.14. The SMILES string of the molecule is Nc1cc(F)cc2c1NCCC2. The van der Waals surface area contributed by atoms with Gasteiger partial charge in [-0.05, 0) is 30.5 Å². The molecule has 2 rings (SSSR count). The standard InChI is InChI=1S/C9H11FN2/c10-7-4-6-2-1-3-12-9(6)8(11)5-7/h4-5,12H,1-3,11H2. The minimum Gasteiger partial charge on any atom is -0.397 e. The molecule has 0 spiro atoms. The molecule has 0 saturated heterocycles. The fraction of sp³-hybridized carbons (Fsp3) is 0.333. The van der Waals surface area contributed by atoms with Gasteiger partial charge in [-0.1, -0.05) is 0 Å². The molecule has 0 aromatic heterocycles. The molecule has 0 fully saturated rings. The van der Waals surface area contributed by atoms with Crippen molar-refractivity contribution < 1.29 is 4.39 Å². The average molecular weight is 166 g/mol. The Labute approximate surface area is 70.6 Å². The van der Waals surface area contributed by atoms with Crippen LogP contribution in [-0.2, 0) is 6.42 Å². The lowest BCUT2D eigenvalue weighted by Gasteiger charge is -2.19. The van der Waals surface area contributed by atoms with Crippen molar-refractivity contribution in [3.8, 4) is 0 Å². The van der Waals surface area contributed by atoms with Crippen molar-refractivity contribution in [2.45, 2.75) is 12.8 Å². The molecule has 0 bridgehead atoms. The normalized spacial score (nSPS) is 15.1. The van der Waals surface area contributed by atoms with E-state index in [1.807, 2.05) is 0 Å². The van der Waals surface area contributed by atoms with E-state index < -0.39 is 0 Å². The van der Waals surface area contributed by atoms with Gasteiger partial charge in [-0.25, -0.2) is 4.39 Å². The number of hydrogen-bond donors (Lipinski definition) is 2. The van der Waals surface area contributed by atoms with Crippen LogP contribution >= 0.6 is 0 Å². The second kappa shape index (κ2) is 2.66. The van der Waals surface area contributed by atoms with Crippen LogP contribution in [0.5, 0.6) is 0 Å². The largest absolute Gasteiger partial charge is 0.397 e. The van der Waals surface area contributed by atoms with Gasteiger partial charge >= 0.3 is 0 Å². The van der Waals surface area contributed by atoms with E-state index in [0.29, 0.717) is 5.69 Å². The van der Waals surface area contributed by atoms with Crippen molar-refractivity contribution in [1.82, 2.24) is 0 Å². The van der Waals surface area contributed by atoms with Crippen molar-refractivity contribution >= 4 is 11.4 Å². The van der Waals surface area contributed by atoms with E-state index in [2.05, 4.69) is 5.32 Å². The van der Waals surface area contributed by atoms with Crippen LogP contribution in [0.25, 0.3) is 0 Å². The zero-order valence-electron chi connectivity index (χ0n) is 6.73. The van der Waals surface area contributed by atoms with Gasteiger partial charge in [0, 0.05) is 6.54 Å². The first-order valence-corrected chi connectivity index (χ1v) is 4.09. The van der Waals surface area contributed by atoms with Crippen LogP contribution in [0.1, 0.15) is 12.0 Å². The van der Waals surface area contributed by atoms with Crippen LogP contribution in [0.2, 0.25) is 0 Å². The molecule has 1 aliphatic rings. The first-order chi connectivity index (χ1) is 5.77. The van der Waals surface area contributed by atoms with E-state index in [9.17, 15) is 4.39 Å². The summed E-state index contributed by atoms with van der Waals surface area (Å²) in [4.78, 5) is 0. The maximum atomic E-state index is 12.8. The minimum atomic E-state index is -0.241. The zero-order valence-corrected chi connectivity index (χ0v) is 6.73. The maximum Gasteiger partial charge on any atom is 0.125 e. The summed E-state index contributed by atoms with van der Waals surface area (Å²) >= 11 is 0. The monoisotopic (exact) mass is 166 g/mol. The lowest BCUT2D eigenvalue weighted by atomic mass is 10.0. The molecular formula is C9H11FN2. The number of rotatable bonds is 0. The number of nitrogens with one attached hydrogen (secondary N) is 1. The minimum absolute atomic E-state index is 0.241. The summed E-state index contributed by atoms with van der Waals surface area (Å²) in [6.07, 6.45) is 1.97. The van der Waals surface area contributed by atoms with Crippen LogP contribution in [-0.4, -0.2) is 6.54 Å². The van der Waals surface area contributed by atoms with Gasteiger partial charge in [0.25, 0.3) is 0 Å². The van der Waals surface area contributed by atoms with Gasteiger partial charge < -0.3 is 11.1 Å². The molecule has 1 heterocycles. The van der Waals surface area contributed by atoms with Crippen LogP contribution in [0.4, 0.5) is 15.8 Å². The number of nitrogens with two attached hydrogens (primary N) is 1. The Hall–Kier alpha value is -1.25. The molecule has 12 heavy (non-hydrogen) atoms. The Morgan fingerprint density at radius 3 is 3.08 bits per heavy atom. The van der Waals surface area contributed by atoms with Gasteiger partial charge in [0.15, 0.2) is 0 Å². The number of nitrogen functional groups attached to an aromatic ring is 1. The van der Waals surface area contributed by atoms with Gasteiger partial charge in [0.2, 0.25) is 0 Å². The molecule has 0 atom stereocenters. The highest BCUT2D eigenvalue weighted by atomic mass is 19.1. The first kappa shape index (κ1) is 7.40. The zero-order chi connectivity index (χ0) is 8.55. The van der Waals surface area contributed by atoms with Crippen LogP contribution < -0.4 is 11.1 Å². The molecule has 3 heteroatoms. The summed E-state index contributed by atoms with van der Waals surface area (Å²) in [5, 5.41) is 3.17. The van der Waals surface area contributed by atoms with E-state index in [4.69, 9.17) is 5.73 Å². The number of anilines is 2. The second-order valence-electron chi connectivity index (χ2n) is 3.06. The van der Waals surface area contributed by atoms with E-state index in [1.165, 1.54) is 6.07 Å². The van der Waals surface area contributed by atoms with E-state index >= 15 is 0 Å². The molecule has 0 saturated carbocycles. The number of halogens is 1. The number of hydrogen-bond acceptors (Lipinski definition) is 2. The predicted octanol–water partition coefficient (Wildman–Crippen LogP) is 1.77. The predicted molar refractivity (Wildman–Crippen MR) is 47.6 cm³/mol. The first-order valence-electron chi connectivity index (χ1n) is 4.09. The van der Waals surface area contributed by atoms with E-state index in [0.717, 1.165) is 30.6 Å². The molecule has 1 aromatic carbocycles. The van der Waals surface area contributed by atoms with Gasteiger partial charge in [-0.3, -0.25) is 0 Å². The summed E-state index contributed by atoms with van der Waals surface area (Å²) in [7, 11) is 0. The number of benzene rings is 1. The Morgan fingerprint density at radius 2 is 2.25 bits per heavy atom. The molecule has 0 radical (unpaired) electrons. The highest BCUT2D eigenvalue weighted by Crippen LogP contribution is 2.28. The lowest BCUT2D eigenvalue weighted by Crippen LogP contribution is -2.13. The van der Waals surface area contributed by atoms with Crippen LogP contribution in [0.3, 0.4) is 0 Å². The molecular weight excluding hydrogens is 155 g/mol. The van der Waals surface area contributed by atoms with E-state index in [-0.39, 0.29) is 5.82 Å². The van der Waals surface area contributed by atoms with E-state index in [1.54, 1.807) is 6.07 Å². The molecule has 64 valence electrons. The third-order valence-electron chi connectivity index (χ3n) is 2.14. The Morgan fingerprint density at radius 1 is 1.42 bits per heavy atom. The fourth-order valence-corrected chi connectivity index (χ4v) is 1.59.